The molecule has 116 valence electrons. The number of carboxylic acids is 1. The zero-order valence-corrected chi connectivity index (χ0v) is 16.9. The van der Waals surface area contributed by atoms with Crippen molar-refractivity contribution < 1.29 is 70.8 Å². The summed E-state index contributed by atoms with van der Waals surface area (Å²) in [6.07, 6.45) is 2.61. The Morgan fingerprint density at radius 3 is 2.62 bits per heavy atom. The molecule has 0 aliphatic heterocycles. The van der Waals surface area contributed by atoms with E-state index in [0.29, 0.717) is 5.69 Å². The SMILES string of the molecule is [C-]#[N+]/C(C(=O)OCC)=C(/c1ccccn1)c1ncc(C(=O)[O-])s1.[K+]. The van der Waals surface area contributed by atoms with Crippen LogP contribution in [0, 0.1) is 6.57 Å². The third-order valence-corrected chi connectivity index (χ3v) is 3.65. The second-order valence-corrected chi connectivity index (χ2v) is 5.12. The van der Waals surface area contributed by atoms with E-state index < -0.39 is 11.9 Å². The van der Waals surface area contributed by atoms with E-state index in [9.17, 15) is 14.7 Å². The molecule has 0 atom stereocenters. The maximum atomic E-state index is 12.0. The van der Waals surface area contributed by atoms with Gasteiger partial charge in [-0.1, -0.05) is 6.07 Å². The molecule has 0 unspecified atom stereocenters. The van der Waals surface area contributed by atoms with Gasteiger partial charge in [0.1, 0.15) is 5.01 Å². The summed E-state index contributed by atoms with van der Waals surface area (Å²) in [6, 6.07) is 4.96. The van der Waals surface area contributed by atoms with Crippen molar-refractivity contribution in [3.63, 3.8) is 0 Å². The summed E-state index contributed by atoms with van der Waals surface area (Å²) in [6.45, 7) is 9.01. The Hall–Kier alpha value is -1.41. The van der Waals surface area contributed by atoms with E-state index in [1.807, 2.05) is 0 Å². The standard InChI is InChI=1S/C15H11N3O4S.K/c1-3-22-15(21)12(16-2)11(9-6-4-5-7-17-9)13-18-8-10(23-13)14(19)20;/h4-8H,3H2,1H3,(H,19,20);/q;+1/p-1/b12-11-;. The molecular formula is C15H10KN3O4S. The van der Waals surface area contributed by atoms with Crippen molar-refractivity contribution in [3.05, 3.63) is 63.3 Å². The van der Waals surface area contributed by atoms with Gasteiger partial charge in [0, 0.05) is 18.0 Å². The second kappa shape index (κ2) is 9.78. The van der Waals surface area contributed by atoms with Crippen molar-refractivity contribution in [1.29, 1.82) is 0 Å². The van der Waals surface area contributed by atoms with Crippen LogP contribution in [0.3, 0.4) is 0 Å². The van der Waals surface area contributed by atoms with Crippen LogP contribution < -0.4 is 56.5 Å². The number of ether oxygens (including phenoxy) is 1. The maximum absolute atomic E-state index is 12.0. The number of hydrogen-bond donors (Lipinski definition) is 0. The minimum atomic E-state index is -1.38. The Morgan fingerprint density at radius 2 is 2.12 bits per heavy atom. The summed E-state index contributed by atoms with van der Waals surface area (Å²) in [5.41, 5.74) is 0.159. The number of rotatable bonds is 5. The van der Waals surface area contributed by atoms with Crippen molar-refractivity contribution in [3.8, 4) is 0 Å². The maximum Gasteiger partial charge on any atom is 1.00 e. The average molecular weight is 367 g/mol. The van der Waals surface area contributed by atoms with Crippen LogP contribution >= 0.6 is 11.3 Å². The molecule has 2 aromatic heterocycles. The van der Waals surface area contributed by atoms with Gasteiger partial charge in [0.15, 0.2) is 0 Å². The fourth-order valence-electron chi connectivity index (χ4n) is 1.73. The van der Waals surface area contributed by atoms with Crippen LogP contribution in [0.1, 0.15) is 27.3 Å². The number of carbonyl (C=O) groups is 2. The molecule has 0 radical (unpaired) electrons. The van der Waals surface area contributed by atoms with E-state index in [0.717, 1.165) is 17.5 Å². The molecule has 0 amide bonds. The zero-order chi connectivity index (χ0) is 16.8. The van der Waals surface area contributed by atoms with Crippen molar-refractivity contribution in [1.82, 2.24) is 9.97 Å². The number of thiazole rings is 1. The largest absolute Gasteiger partial charge is 1.00 e. The van der Waals surface area contributed by atoms with E-state index in [2.05, 4.69) is 14.8 Å². The Morgan fingerprint density at radius 1 is 1.38 bits per heavy atom. The summed E-state index contributed by atoms with van der Waals surface area (Å²) in [5, 5.41) is 11.1. The number of carbonyl (C=O) groups excluding carboxylic acids is 2. The molecule has 0 saturated heterocycles. The van der Waals surface area contributed by atoms with Gasteiger partial charge in [0.2, 0.25) is 0 Å². The molecule has 0 N–H and O–H groups in total. The molecule has 0 aromatic carbocycles. The first-order chi connectivity index (χ1) is 11.1. The van der Waals surface area contributed by atoms with Crippen LogP contribution in [0.4, 0.5) is 0 Å². The van der Waals surface area contributed by atoms with Crippen LogP contribution in [0.15, 0.2) is 36.3 Å². The van der Waals surface area contributed by atoms with Crippen LogP contribution in [0.2, 0.25) is 0 Å². The molecule has 0 aliphatic carbocycles. The molecule has 2 heterocycles. The van der Waals surface area contributed by atoms with E-state index >= 15 is 0 Å². The fourth-order valence-corrected chi connectivity index (χ4v) is 2.54. The van der Waals surface area contributed by atoms with Crippen molar-refractivity contribution in [2.45, 2.75) is 6.92 Å². The van der Waals surface area contributed by atoms with Gasteiger partial charge in [-0.2, -0.15) is 0 Å². The minimum Gasteiger partial charge on any atom is -0.544 e. The van der Waals surface area contributed by atoms with Gasteiger partial charge in [-0.05, 0) is 19.1 Å². The van der Waals surface area contributed by atoms with E-state index in [1.165, 1.54) is 6.20 Å². The molecule has 0 saturated carbocycles. The summed E-state index contributed by atoms with van der Waals surface area (Å²) in [7, 11) is 0. The van der Waals surface area contributed by atoms with Gasteiger partial charge in [0.25, 0.3) is 5.70 Å². The van der Waals surface area contributed by atoms with Crippen LogP contribution in [-0.4, -0.2) is 28.5 Å². The molecule has 0 fully saturated rings. The number of esters is 1. The van der Waals surface area contributed by atoms with Gasteiger partial charge in [0.05, 0.1) is 29.7 Å². The number of aromatic carboxylic acids is 1. The molecule has 0 spiro atoms. The van der Waals surface area contributed by atoms with Crippen LogP contribution in [0.25, 0.3) is 10.4 Å². The van der Waals surface area contributed by atoms with Gasteiger partial charge >= 0.3 is 57.4 Å². The predicted molar refractivity (Wildman–Crippen MR) is 79.9 cm³/mol. The third-order valence-electron chi connectivity index (χ3n) is 2.66. The zero-order valence-electron chi connectivity index (χ0n) is 13.0. The first kappa shape index (κ1) is 20.6. The summed E-state index contributed by atoms with van der Waals surface area (Å²) >= 11 is 0.801. The van der Waals surface area contributed by atoms with Crippen molar-refractivity contribution in [2.75, 3.05) is 6.61 Å². The van der Waals surface area contributed by atoms with Gasteiger partial charge in [-0.25, -0.2) is 9.83 Å². The normalized spacial score (nSPS) is 10.8. The summed E-state index contributed by atoms with van der Waals surface area (Å²) in [4.78, 5) is 34.2. The topological polar surface area (TPSA) is 96.6 Å². The number of pyridine rings is 1. The van der Waals surface area contributed by atoms with Crippen LogP contribution in [0.5, 0.6) is 0 Å². The molecule has 2 aromatic rings. The van der Waals surface area contributed by atoms with Crippen LogP contribution in [-0.2, 0) is 9.53 Å². The summed E-state index contributed by atoms with van der Waals surface area (Å²) < 4.78 is 4.88. The molecule has 2 rings (SSSR count). The second-order valence-electron chi connectivity index (χ2n) is 4.09. The summed E-state index contributed by atoms with van der Waals surface area (Å²) in [5.74, 6) is -2.19. The first-order valence-electron chi connectivity index (χ1n) is 6.46. The Balaban J connectivity index is 0.00000288. The monoisotopic (exact) mass is 367 g/mol. The number of aromatic nitrogens is 2. The van der Waals surface area contributed by atoms with E-state index in [-0.39, 0.29) is 79.1 Å². The molecule has 24 heavy (non-hydrogen) atoms. The molecule has 9 heteroatoms. The Bertz CT molecular complexity index is 812. The first-order valence-corrected chi connectivity index (χ1v) is 7.28. The van der Waals surface area contributed by atoms with Gasteiger partial charge < -0.3 is 14.6 Å². The predicted octanol–water partition coefficient (Wildman–Crippen LogP) is -1.85. The molecular weight excluding hydrogens is 357 g/mol. The van der Waals surface area contributed by atoms with E-state index in [1.54, 1.807) is 25.1 Å². The third kappa shape index (κ3) is 4.79. The number of nitrogens with zero attached hydrogens (tertiary/aromatic N) is 3. The van der Waals surface area contributed by atoms with Crippen molar-refractivity contribution in [2.24, 2.45) is 0 Å². The number of carboxylic acid groups (broad SMARTS) is 1. The molecule has 7 nitrogen and oxygen atoms in total. The minimum absolute atomic E-state index is 0. The van der Waals surface area contributed by atoms with Gasteiger partial charge in [-0.15, -0.1) is 11.3 Å². The van der Waals surface area contributed by atoms with Crippen molar-refractivity contribution >= 4 is 28.8 Å². The smallest absolute Gasteiger partial charge is 0.544 e. The van der Waals surface area contributed by atoms with E-state index in [4.69, 9.17) is 11.3 Å². The quantitative estimate of drug-likeness (QED) is 0.266. The Kier molecular flexibility index (Phi) is 8.41. The number of hydrogen-bond acceptors (Lipinski definition) is 7. The average Bonchev–Trinajstić information content (AvgIpc) is 3.03. The molecule has 0 aliphatic rings. The fraction of sp³-hybridized carbons (Fsp3) is 0.133. The Labute approximate surface area is 184 Å². The van der Waals surface area contributed by atoms with Gasteiger partial charge in [-0.3, -0.25) is 9.78 Å². The molecule has 0 bridgehead atoms.